The molecule has 10 heteroatoms. The maximum absolute atomic E-state index is 12.8. The van der Waals surface area contributed by atoms with Crippen molar-refractivity contribution < 1.29 is 9.53 Å². The molecule has 1 N–H and O–H groups in total. The van der Waals surface area contributed by atoms with Crippen molar-refractivity contribution in [3.05, 3.63) is 22.7 Å². The SMILES string of the molecule is CC(Sc1nnnn1C1CC1)C(=O)Nc1cc(Br)ccc1N1CCOCC1. The van der Waals surface area contributed by atoms with E-state index in [0.717, 1.165) is 41.8 Å². The van der Waals surface area contributed by atoms with Crippen LogP contribution in [0.25, 0.3) is 0 Å². The molecule has 1 atom stereocenters. The largest absolute Gasteiger partial charge is 0.378 e. The molecule has 1 aliphatic heterocycles. The average molecular weight is 453 g/mol. The van der Waals surface area contributed by atoms with E-state index in [4.69, 9.17) is 4.74 Å². The van der Waals surface area contributed by atoms with Crippen molar-refractivity contribution in [3.8, 4) is 0 Å². The van der Waals surface area contributed by atoms with E-state index in [1.165, 1.54) is 11.8 Å². The molecular formula is C17H21BrN6O2S. The second kappa shape index (κ2) is 8.15. The number of rotatable bonds is 6. The van der Waals surface area contributed by atoms with Gasteiger partial charge in [-0.15, -0.1) is 5.10 Å². The number of hydrogen-bond donors (Lipinski definition) is 1. The van der Waals surface area contributed by atoms with E-state index < -0.39 is 0 Å². The third-order valence-corrected chi connectivity index (χ3v) is 6.12. The van der Waals surface area contributed by atoms with E-state index in [2.05, 4.69) is 41.7 Å². The van der Waals surface area contributed by atoms with Crippen LogP contribution >= 0.6 is 27.7 Å². The zero-order chi connectivity index (χ0) is 18.8. The molecule has 0 radical (unpaired) electrons. The lowest BCUT2D eigenvalue weighted by Gasteiger charge is -2.30. The van der Waals surface area contributed by atoms with Crippen LogP contribution in [0.2, 0.25) is 0 Å². The number of morpholine rings is 1. The third kappa shape index (κ3) is 4.44. The molecule has 2 heterocycles. The van der Waals surface area contributed by atoms with Crippen LogP contribution in [-0.4, -0.2) is 57.7 Å². The van der Waals surface area contributed by atoms with Crippen LogP contribution in [-0.2, 0) is 9.53 Å². The van der Waals surface area contributed by atoms with Crippen LogP contribution in [0.3, 0.4) is 0 Å². The minimum atomic E-state index is -0.315. The maximum Gasteiger partial charge on any atom is 0.237 e. The molecule has 1 saturated heterocycles. The topological polar surface area (TPSA) is 85.2 Å². The first-order valence-corrected chi connectivity index (χ1v) is 10.7. The van der Waals surface area contributed by atoms with Crippen molar-refractivity contribution in [3.63, 3.8) is 0 Å². The maximum atomic E-state index is 12.8. The molecule has 1 aromatic heterocycles. The molecule has 0 spiro atoms. The molecule has 27 heavy (non-hydrogen) atoms. The molecule has 2 aromatic rings. The number of anilines is 2. The molecule has 1 aliphatic carbocycles. The summed E-state index contributed by atoms with van der Waals surface area (Å²) in [4.78, 5) is 15.0. The van der Waals surface area contributed by atoms with Gasteiger partial charge in [0.25, 0.3) is 0 Å². The third-order valence-electron chi connectivity index (χ3n) is 4.58. The zero-order valence-corrected chi connectivity index (χ0v) is 17.4. The highest BCUT2D eigenvalue weighted by Gasteiger charge is 2.29. The summed E-state index contributed by atoms with van der Waals surface area (Å²) in [6, 6.07) is 6.34. The number of thioether (sulfide) groups is 1. The van der Waals surface area contributed by atoms with Gasteiger partial charge in [-0.3, -0.25) is 4.79 Å². The number of hydrogen-bond acceptors (Lipinski definition) is 7. The van der Waals surface area contributed by atoms with Crippen molar-refractivity contribution in [1.29, 1.82) is 0 Å². The molecule has 0 bridgehead atoms. The molecule has 1 unspecified atom stereocenters. The Morgan fingerprint density at radius 2 is 2.15 bits per heavy atom. The number of benzene rings is 1. The highest BCUT2D eigenvalue weighted by atomic mass is 79.9. The summed E-state index contributed by atoms with van der Waals surface area (Å²) >= 11 is 4.89. The molecule has 1 saturated carbocycles. The number of carbonyl (C=O) groups is 1. The Bertz CT molecular complexity index is 822. The minimum absolute atomic E-state index is 0.0713. The van der Waals surface area contributed by atoms with Gasteiger partial charge in [-0.25, -0.2) is 4.68 Å². The number of aromatic nitrogens is 4. The van der Waals surface area contributed by atoms with Crippen molar-refractivity contribution in [2.75, 3.05) is 36.5 Å². The van der Waals surface area contributed by atoms with Gasteiger partial charge in [-0.1, -0.05) is 27.7 Å². The van der Waals surface area contributed by atoms with Crippen molar-refractivity contribution in [1.82, 2.24) is 20.2 Å². The van der Waals surface area contributed by atoms with E-state index in [0.29, 0.717) is 24.4 Å². The number of halogens is 1. The highest BCUT2D eigenvalue weighted by Crippen LogP contribution is 2.37. The average Bonchev–Trinajstić information content (AvgIpc) is 3.41. The normalized spacial score (nSPS) is 18.4. The number of ether oxygens (including phenoxy) is 1. The van der Waals surface area contributed by atoms with Gasteiger partial charge < -0.3 is 15.0 Å². The smallest absolute Gasteiger partial charge is 0.237 e. The van der Waals surface area contributed by atoms with Crippen molar-refractivity contribution in [2.24, 2.45) is 0 Å². The van der Waals surface area contributed by atoms with Crippen LogP contribution in [0, 0.1) is 0 Å². The van der Waals surface area contributed by atoms with Gasteiger partial charge in [0.15, 0.2) is 0 Å². The highest BCUT2D eigenvalue weighted by molar-refractivity contribution is 9.10. The Balaban J connectivity index is 1.46. The fourth-order valence-electron chi connectivity index (χ4n) is 2.95. The Morgan fingerprint density at radius 3 is 2.89 bits per heavy atom. The first-order chi connectivity index (χ1) is 13.1. The van der Waals surface area contributed by atoms with E-state index in [9.17, 15) is 4.79 Å². The monoisotopic (exact) mass is 452 g/mol. The Morgan fingerprint density at radius 1 is 1.37 bits per heavy atom. The van der Waals surface area contributed by atoms with Crippen molar-refractivity contribution >= 4 is 45.0 Å². The van der Waals surface area contributed by atoms with Gasteiger partial charge >= 0.3 is 0 Å². The number of nitrogens with one attached hydrogen (secondary N) is 1. The fourth-order valence-corrected chi connectivity index (χ4v) is 4.17. The number of tetrazole rings is 1. The van der Waals surface area contributed by atoms with Crippen molar-refractivity contribution in [2.45, 2.75) is 36.2 Å². The van der Waals surface area contributed by atoms with Gasteiger partial charge in [-0.05, 0) is 48.4 Å². The first kappa shape index (κ1) is 18.7. The number of carbonyl (C=O) groups excluding carboxylic acids is 1. The van der Waals surface area contributed by atoms with Crippen LogP contribution in [0.5, 0.6) is 0 Å². The lowest BCUT2D eigenvalue weighted by molar-refractivity contribution is -0.115. The Kier molecular flexibility index (Phi) is 5.65. The van der Waals surface area contributed by atoms with Crippen LogP contribution in [0.1, 0.15) is 25.8 Å². The first-order valence-electron chi connectivity index (χ1n) is 8.99. The van der Waals surface area contributed by atoms with E-state index in [1.807, 2.05) is 29.8 Å². The molecular weight excluding hydrogens is 432 g/mol. The number of amides is 1. The predicted molar refractivity (Wildman–Crippen MR) is 107 cm³/mol. The summed E-state index contributed by atoms with van der Waals surface area (Å²) in [5.74, 6) is -0.0713. The molecule has 4 rings (SSSR count). The van der Waals surface area contributed by atoms with E-state index in [-0.39, 0.29) is 11.2 Å². The van der Waals surface area contributed by atoms with Gasteiger partial charge in [-0.2, -0.15) is 0 Å². The summed E-state index contributed by atoms with van der Waals surface area (Å²) in [7, 11) is 0. The lowest BCUT2D eigenvalue weighted by Crippen LogP contribution is -2.37. The van der Waals surface area contributed by atoms with Crippen LogP contribution in [0.15, 0.2) is 27.8 Å². The fraction of sp³-hybridized carbons (Fsp3) is 0.529. The molecule has 2 fully saturated rings. The van der Waals surface area contributed by atoms with Gasteiger partial charge in [0.05, 0.1) is 35.9 Å². The molecule has 2 aliphatic rings. The summed E-state index contributed by atoms with van der Waals surface area (Å²) in [6.45, 7) is 4.88. The Hall–Kier alpha value is -1.65. The molecule has 8 nitrogen and oxygen atoms in total. The summed E-state index contributed by atoms with van der Waals surface area (Å²) < 4.78 is 8.19. The molecule has 144 valence electrons. The van der Waals surface area contributed by atoms with Crippen LogP contribution < -0.4 is 10.2 Å². The summed E-state index contributed by atoms with van der Waals surface area (Å²) in [5, 5.41) is 15.3. The second-order valence-electron chi connectivity index (χ2n) is 6.65. The van der Waals surface area contributed by atoms with Crippen LogP contribution in [0.4, 0.5) is 11.4 Å². The second-order valence-corrected chi connectivity index (χ2v) is 8.87. The lowest BCUT2D eigenvalue weighted by atomic mass is 10.2. The summed E-state index contributed by atoms with van der Waals surface area (Å²) in [5.41, 5.74) is 1.81. The quantitative estimate of drug-likeness (QED) is 0.674. The number of nitrogens with zero attached hydrogens (tertiary/aromatic N) is 5. The predicted octanol–water partition coefficient (Wildman–Crippen LogP) is 2.73. The van der Waals surface area contributed by atoms with Gasteiger partial charge in [0.2, 0.25) is 11.1 Å². The van der Waals surface area contributed by atoms with E-state index in [1.54, 1.807) is 0 Å². The molecule has 1 amide bonds. The Labute approximate surface area is 170 Å². The standard InChI is InChI=1S/C17H21BrN6O2S/c1-11(27-17-20-21-22-24(17)13-3-4-13)16(25)19-14-10-12(18)2-5-15(14)23-6-8-26-9-7-23/h2,5,10-11,13H,3-4,6-9H2,1H3,(H,19,25). The minimum Gasteiger partial charge on any atom is -0.378 e. The zero-order valence-electron chi connectivity index (χ0n) is 15.0. The van der Waals surface area contributed by atoms with E-state index >= 15 is 0 Å². The van der Waals surface area contributed by atoms with Gasteiger partial charge in [0, 0.05) is 17.6 Å². The summed E-state index contributed by atoms with van der Waals surface area (Å²) in [6.07, 6.45) is 2.19. The van der Waals surface area contributed by atoms with Gasteiger partial charge in [0.1, 0.15) is 0 Å². The molecule has 1 aromatic carbocycles.